The largest absolute Gasteiger partial charge is 0.388 e. The maximum absolute atomic E-state index is 14.1. The summed E-state index contributed by atoms with van der Waals surface area (Å²) in [5, 5.41) is 15.1. The van der Waals surface area contributed by atoms with Crippen LogP contribution in [0.2, 0.25) is 0 Å². The molecule has 9 heteroatoms. The van der Waals surface area contributed by atoms with Gasteiger partial charge in [0, 0.05) is 43.8 Å². The van der Waals surface area contributed by atoms with Gasteiger partial charge in [0.15, 0.2) is 5.69 Å². The zero-order valence-electron chi connectivity index (χ0n) is 23.5. The van der Waals surface area contributed by atoms with Crippen molar-refractivity contribution >= 4 is 11.8 Å². The van der Waals surface area contributed by atoms with E-state index in [2.05, 4.69) is 22.4 Å². The summed E-state index contributed by atoms with van der Waals surface area (Å²) < 4.78 is 7.25. The second kappa shape index (κ2) is 12.1. The number of imidazole rings is 1. The lowest BCUT2D eigenvalue weighted by atomic mass is 9.81. The van der Waals surface area contributed by atoms with Crippen LogP contribution in [0.1, 0.15) is 41.7 Å². The third kappa shape index (κ3) is 6.07. The molecule has 1 saturated carbocycles. The van der Waals surface area contributed by atoms with Crippen LogP contribution in [0.5, 0.6) is 0 Å². The minimum Gasteiger partial charge on any atom is -0.388 e. The van der Waals surface area contributed by atoms with Crippen molar-refractivity contribution in [1.29, 1.82) is 0 Å². The quantitative estimate of drug-likeness (QED) is 0.464. The fourth-order valence-corrected chi connectivity index (χ4v) is 6.63. The van der Waals surface area contributed by atoms with Crippen LogP contribution in [0.4, 0.5) is 0 Å². The molecule has 3 aliphatic rings. The van der Waals surface area contributed by atoms with E-state index in [1.807, 2.05) is 62.9 Å². The smallest absolute Gasteiger partial charge is 0.275 e. The second-order valence-corrected chi connectivity index (χ2v) is 11.6. The van der Waals surface area contributed by atoms with Crippen molar-refractivity contribution in [3.8, 4) is 11.3 Å². The summed E-state index contributed by atoms with van der Waals surface area (Å²) in [5.41, 5.74) is 2.32. The Morgan fingerprint density at radius 1 is 1.05 bits per heavy atom. The maximum Gasteiger partial charge on any atom is 0.275 e. The van der Waals surface area contributed by atoms with Crippen molar-refractivity contribution in [1.82, 2.24) is 24.7 Å². The molecule has 2 saturated heterocycles. The van der Waals surface area contributed by atoms with E-state index in [1.165, 1.54) is 5.56 Å². The number of rotatable bonds is 7. The fraction of sp³-hybridized carbons (Fsp3) is 0.469. The van der Waals surface area contributed by atoms with E-state index < -0.39 is 5.60 Å². The number of piperazine rings is 1. The van der Waals surface area contributed by atoms with Crippen molar-refractivity contribution in [3.05, 3.63) is 78.2 Å². The molecule has 1 aliphatic carbocycles. The Hall–Kier alpha value is -3.53. The maximum atomic E-state index is 14.1. The molecule has 0 unspecified atom stereocenters. The first-order chi connectivity index (χ1) is 20.0. The molecule has 9 nitrogen and oxygen atoms in total. The Morgan fingerprint density at radius 3 is 2.51 bits per heavy atom. The van der Waals surface area contributed by atoms with Gasteiger partial charge in [0.05, 0.1) is 30.8 Å². The van der Waals surface area contributed by atoms with E-state index in [-0.39, 0.29) is 30.5 Å². The predicted molar refractivity (Wildman–Crippen MR) is 155 cm³/mol. The van der Waals surface area contributed by atoms with Crippen molar-refractivity contribution < 1.29 is 19.4 Å². The average Bonchev–Trinajstić information content (AvgIpc) is 3.42. The van der Waals surface area contributed by atoms with Crippen molar-refractivity contribution in [2.75, 3.05) is 39.4 Å². The molecule has 0 spiro atoms. The molecule has 6 rings (SSSR count). The number of aliphatic hydroxyl groups is 1. The van der Waals surface area contributed by atoms with Gasteiger partial charge < -0.3 is 29.5 Å². The molecule has 3 heterocycles. The lowest BCUT2D eigenvalue weighted by Crippen LogP contribution is -2.54. The summed E-state index contributed by atoms with van der Waals surface area (Å²) in [5.74, 6) is -0.0409. The number of benzene rings is 2. The molecule has 2 amide bonds. The molecular weight excluding hydrogens is 518 g/mol. The monoisotopic (exact) mass is 557 g/mol. The number of nitrogens with one attached hydrogen (secondary N) is 1. The Kier molecular flexibility index (Phi) is 8.18. The van der Waals surface area contributed by atoms with Crippen LogP contribution >= 0.6 is 0 Å². The number of amides is 2. The van der Waals surface area contributed by atoms with E-state index in [4.69, 9.17) is 4.74 Å². The Bertz CT molecular complexity index is 1340. The first-order valence-electron chi connectivity index (χ1n) is 14.8. The summed E-state index contributed by atoms with van der Waals surface area (Å²) >= 11 is 0. The highest BCUT2D eigenvalue weighted by atomic mass is 16.5. The van der Waals surface area contributed by atoms with Crippen LogP contribution < -0.4 is 5.32 Å². The topological polar surface area (TPSA) is 99.9 Å². The van der Waals surface area contributed by atoms with Crippen molar-refractivity contribution in [2.24, 2.45) is 0 Å². The number of carbonyl (C=O) groups is 2. The molecule has 3 fully saturated rings. The van der Waals surface area contributed by atoms with Gasteiger partial charge in [-0.05, 0) is 37.7 Å². The van der Waals surface area contributed by atoms with Gasteiger partial charge in [0.2, 0.25) is 5.91 Å². The lowest BCUT2D eigenvalue weighted by Gasteiger charge is -2.42. The molecule has 1 aromatic heterocycles. The molecule has 2 aliphatic heterocycles. The zero-order chi connectivity index (χ0) is 28.2. The number of ether oxygens (including phenoxy) is 1. The molecule has 41 heavy (non-hydrogen) atoms. The van der Waals surface area contributed by atoms with E-state index in [1.54, 1.807) is 6.33 Å². The molecule has 1 atom stereocenters. The normalized spacial score (nSPS) is 25.3. The number of hydrogen-bond donors (Lipinski definition) is 2. The van der Waals surface area contributed by atoms with E-state index in [9.17, 15) is 14.7 Å². The van der Waals surface area contributed by atoms with Gasteiger partial charge >= 0.3 is 0 Å². The standard InChI is InChI=1S/C32H39N5O4/c38-28-21-41-18-17-36(28)26-11-13-32(40,14-12-26)22-35-23-34-29(30(35)25-9-5-2-6-10-25)31(39)37-16-15-33-20-27(37)19-24-7-3-1-4-8-24/h1-10,23,26-27,33,40H,11-22H2/t26?,27-,32?/m1/s1. The van der Waals surface area contributed by atoms with Crippen LogP contribution in [0.25, 0.3) is 11.3 Å². The van der Waals surface area contributed by atoms with Gasteiger partial charge in [-0.3, -0.25) is 9.59 Å². The summed E-state index contributed by atoms with van der Waals surface area (Å²) in [6.45, 7) is 3.76. The first-order valence-corrected chi connectivity index (χ1v) is 14.8. The zero-order valence-corrected chi connectivity index (χ0v) is 23.5. The van der Waals surface area contributed by atoms with E-state index in [0.717, 1.165) is 43.6 Å². The molecule has 3 aromatic rings. The van der Waals surface area contributed by atoms with Gasteiger partial charge in [-0.2, -0.15) is 0 Å². The number of morpholine rings is 1. The van der Waals surface area contributed by atoms with Crippen LogP contribution in [0.3, 0.4) is 0 Å². The van der Waals surface area contributed by atoms with Crippen molar-refractivity contribution in [3.63, 3.8) is 0 Å². The van der Waals surface area contributed by atoms with Gasteiger partial charge in [-0.1, -0.05) is 60.7 Å². The Morgan fingerprint density at radius 2 is 1.78 bits per heavy atom. The van der Waals surface area contributed by atoms with Crippen LogP contribution in [-0.4, -0.2) is 93.3 Å². The lowest BCUT2D eigenvalue weighted by molar-refractivity contribution is -0.148. The van der Waals surface area contributed by atoms with E-state index in [0.29, 0.717) is 44.8 Å². The van der Waals surface area contributed by atoms with Crippen molar-refractivity contribution in [2.45, 2.75) is 56.3 Å². The van der Waals surface area contributed by atoms with E-state index >= 15 is 0 Å². The Labute approximate surface area is 241 Å². The summed E-state index contributed by atoms with van der Waals surface area (Å²) in [6.07, 6.45) is 5.12. The first kappa shape index (κ1) is 27.6. The third-order valence-electron chi connectivity index (χ3n) is 8.83. The SMILES string of the molecule is O=C1COCCN1C1CCC(O)(Cn2cnc(C(=O)N3CCNC[C@H]3Cc3ccccc3)c2-c2ccccc2)CC1. The minimum atomic E-state index is -0.943. The highest BCUT2D eigenvalue weighted by Gasteiger charge is 2.39. The second-order valence-electron chi connectivity index (χ2n) is 11.6. The molecule has 2 N–H and O–H groups in total. The molecule has 0 radical (unpaired) electrons. The molecule has 2 aromatic carbocycles. The fourth-order valence-electron chi connectivity index (χ4n) is 6.63. The molecular formula is C32H39N5O4. The number of carbonyl (C=O) groups excluding carboxylic acids is 2. The van der Waals surface area contributed by atoms with Crippen LogP contribution in [0, 0.1) is 0 Å². The van der Waals surface area contributed by atoms with Gasteiger partial charge in [-0.25, -0.2) is 4.98 Å². The highest BCUT2D eigenvalue weighted by Crippen LogP contribution is 2.35. The number of aromatic nitrogens is 2. The third-order valence-corrected chi connectivity index (χ3v) is 8.83. The minimum absolute atomic E-state index is 0.0229. The van der Waals surface area contributed by atoms with Crippen LogP contribution in [0.15, 0.2) is 67.0 Å². The molecule has 0 bridgehead atoms. The van der Waals surface area contributed by atoms with Gasteiger partial charge in [-0.15, -0.1) is 0 Å². The van der Waals surface area contributed by atoms with Gasteiger partial charge in [0.25, 0.3) is 5.91 Å². The average molecular weight is 558 g/mol. The number of hydrogen-bond acceptors (Lipinski definition) is 6. The van der Waals surface area contributed by atoms with Crippen LogP contribution in [-0.2, 0) is 22.5 Å². The highest BCUT2D eigenvalue weighted by molar-refractivity contribution is 5.98. The summed E-state index contributed by atoms with van der Waals surface area (Å²) in [7, 11) is 0. The predicted octanol–water partition coefficient (Wildman–Crippen LogP) is 2.74. The van der Waals surface area contributed by atoms with Gasteiger partial charge in [0.1, 0.15) is 6.61 Å². The summed E-state index contributed by atoms with van der Waals surface area (Å²) in [6, 6.07) is 20.3. The Balaban J connectivity index is 1.23. The summed E-state index contributed by atoms with van der Waals surface area (Å²) in [4.78, 5) is 35.1. The number of nitrogens with zero attached hydrogens (tertiary/aromatic N) is 4. The molecule has 216 valence electrons.